The number of nitriles is 1. The van der Waals surface area contributed by atoms with Crippen molar-refractivity contribution in [2.24, 2.45) is 0 Å². The lowest BCUT2D eigenvalue weighted by atomic mass is 10.1. The van der Waals surface area contributed by atoms with Gasteiger partial charge in [0.2, 0.25) is 0 Å². The molecule has 0 saturated carbocycles. The Bertz CT molecular complexity index is 625. The van der Waals surface area contributed by atoms with E-state index in [4.69, 9.17) is 5.26 Å². The van der Waals surface area contributed by atoms with E-state index in [0.717, 1.165) is 11.3 Å². The number of aromatic nitrogens is 1. The van der Waals surface area contributed by atoms with Crippen LogP contribution >= 0.6 is 15.9 Å². The smallest absolute Gasteiger partial charge is 0.129 e. The predicted octanol–water partition coefficient (Wildman–Crippen LogP) is 4.04. The standard InChI is InChI=1S/C16H15BrFN3/c17-10-14-15(18)5-1-6-16(14)21(9-3-7-19)12-13-4-2-8-20-11-13/h1-2,4-6,8,11H,3,9-10,12H2. The number of hydrogen-bond donors (Lipinski definition) is 0. The van der Waals surface area contributed by atoms with Crippen LogP contribution in [0.2, 0.25) is 0 Å². The van der Waals surface area contributed by atoms with Crippen LogP contribution in [0.15, 0.2) is 42.7 Å². The van der Waals surface area contributed by atoms with E-state index in [2.05, 4.69) is 27.0 Å². The van der Waals surface area contributed by atoms with E-state index >= 15 is 0 Å². The van der Waals surface area contributed by atoms with Crippen LogP contribution < -0.4 is 4.90 Å². The maximum absolute atomic E-state index is 13.9. The van der Waals surface area contributed by atoms with Gasteiger partial charge in [-0.1, -0.05) is 28.1 Å². The average Bonchev–Trinajstić information content (AvgIpc) is 2.52. The minimum absolute atomic E-state index is 0.238. The van der Waals surface area contributed by atoms with Gasteiger partial charge >= 0.3 is 0 Å². The zero-order valence-corrected chi connectivity index (χ0v) is 13.1. The molecule has 0 fully saturated rings. The van der Waals surface area contributed by atoms with E-state index in [1.54, 1.807) is 18.5 Å². The fourth-order valence-corrected chi connectivity index (χ4v) is 2.71. The predicted molar refractivity (Wildman–Crippen MR) is 84.5 cm³/mol. The molecule has 1 heterocycles. The third kappa shape index (κ3) is 4.02. The van der Waals surface area contributed by atoms with Gasteiger partial charge in [-0.2, -0.15) is 5.26 Å². The van der Waals surface area contributed by atoms with Crippen molar-refractivity contribution in [3.63, 3.8) is 0 Å². The summed E-state index contributed by atoms with van der Waals surface area (Å²) in [6, 6.07) is 11.0. The van der Waals surface area contributed by atoms with Crippen LogP contribution in [0.1, 0.15) is 17.5 Å². The molecule has 2 aromatic rings. The Kier molecular flexibility index (Phi) is 5.70. The highest BCUT2D eigenvalue weighted by Crippen LogP contribution is 2.27. The molecule has 0 N–H and O–H groups in total. The van der Waals surface area contributed by atoms with Crippen LogP contribution in [0.3, 0.4) is 0 Å². The summed E-state index contributed by atoms with van der Waals surface area (Å²) in [4.78, 5) is 6.11. The highest BCUT2D eigenvalue weighted by molar-refractivity contribution is 9.08. The second-order valence-corrected chi connectivity index (χ2v) is 5.12. The SMILES string of the molecule is N#CCCN(Cc1cccnc1)c1cccc(F)c1CBr. The Morgan fingerprint density at radius 2 is 2.14 bits per heavy atom. The topological polar surface area (TPSA) is 39.9 Å². The van der Waals surface area contributed by atoms with E-state index in [0.29, 0.717) is 30.4 Å². The van der Waals surface area contributed by atoms with E-state index in [1.165, 1.54) is 6.07 Å². The van der Waals surface area contributed by atoms with E-state index in [9.17, 15) is 4.39 Å². The molecule has 1 aromatic heterocycles. The Morgan fingerprint density at radius 1 is 1.29 bits per heavy atom. The zero-order chi connectivity index (χ0) is 15.1. The van der Waals surface area contributed by atoms with Gasteiger partial charge in [-0.15, -0.1) is 0 Å². The maximum atomic E-state index is 13.9. The lowest BCUT2D eigenvalue weighted by molar-refractivity contribution is 0.615. The van der Waals surface area contributed by atoms with Crippen molar-refractivity contribution in [1.29, 1.82) is 5.26 Å². The zero-order valence-electron chi connectivity index (χ0n) is 11.5. The largest absolute Gasteiger partial charge is 0.366 e. The molecule has 0 spiro atoms. The number of nitrogens with zero attached hydrogens (tertiary/aromatic N) is 3. The molecule has 0 aliphatic heterocycles. The lowest BCUT2D eigenvalue weighted by Crippen LogP contribution is -2.25. The summed E-state index contributed by atoms with van der Waals surface area (Å²) in [6.45, 7) is 1.15. The normalized spacial score (nSPS) is 10.1. The summed E-state index contributed by atoms with van der Waals surface area (Å²) in [5.74, 6) is -0.238. The molecule has 21 heavy (non-hydrogen) atoms. The Balaban J connectivity index is 2.32. The summed E-state index contributed by atoms with van der Waals surface area (Å²) >= 11 is 3.34. The highest BCUT2D eigenvalue weighted by atomic mass is 79.9. The molecular formula is C16H15BrFN3. The van der Waals surface area contributed by atoms with Gasteiger partial charge in [-0.05, 0) is 23.8 Å². The second-order valence-electron chi connectivity index (χ2n) is 4.56. The van der Waals surface area contributed by atoms with Crippen molar-refractivity contribution in [3.05, 3.63) is 59.7 Å². The minimum Gasteiger partial charge on any atom is -0.366 e. The molecule has 0 atom stereocenters. The molecule has 0 saturated heterocycles. The molecule has 2 rings (SSSR count). The van der Waals surface area contributed by atoms with Crippen molar-refractivity contribution < 1.29 is 4.39 Å². The van der Waals surface area contributed by atoms with Gasteiger partial charge in [-0.3, -0.25) is 4.98 Å². The van der Waals surface area contributed by atoms with Gasteiger partial charge in [0.15, 0.2) is 0 Å². The molecule has 5 heteroatoms. The third-order valence-electron chi connectivity index (χ3n) is 3.16. The first kappa shape index (κ1) is 15.5. The Morgan fingerprint density at radius 3 is 2.81 bits per heavy atom. The molecule has 3 nitrogen and oxygen atoms in total. The Labute approximate surface area is 132 Å². The first-order valence-corrected chi connectivity index (χ1v) is 7.72. The molecule has 1 aromatic carbocycles. The number of halogens is 2. The summed E-state index contributed by atoms with van der Waals surface area (Å²) in [5.41, 5.74) is 2.45. The van der Waals surface area contributed by atoms with Gasteiger partial charge < -0.3 is 4.90 Å². The van der Waals surface area contributed by atoms with E-state index in [-0.39, 0.29) is 5.82 Å². The second kappa shape index (κ2) is 7.75. The minimum atomic E-state index is -0.238. The molecule has 0 aliphatic rings. The number of alkyl halides is 1. The summed E-state index contributed by atoms with van der Waals surface area (Å²) in [6.07, 6.45) is 3.89. The fraction of sp³-hybridized carbons (Fsp3) is 0.250. The van der Waals surface area contributed by atoms with Gasteiger partial charge in [0.05, 0.1) is 12.5 Å². The van der Waals surface area contributed by atoms with Crippen LogP contribution in [0.25, 0.3) is 0 Å². The lowest BCUT2D eigenvalue weighted by Gasteiger charge is -2.26. The average molecular weight is 348 g/mol. The van der Waals surface area contributed by atoms with Crippen LogP contribution in [0.4, 0.5) is 10.1 Å². The number of hydrogen-bond acceptors (Lipinski definition) is 3. The molecular weight excluding hydrogens is 333 g/mol. The van der Waals surface area contributed by atoms with Crippen molar-refractivity contribution in [3.8, 4) is 6.07 Å². The van der Waals surface area contributed by atoms with Gasteiger partial charge in [0, 0.05) is 42.1 Å². The Hall–Kier alpha value is -1.93. The van der Waals surface area contributed by atoms with Crippen molar-refractivity contribution in [2.75, 3.05) is 11.4 Å². The molecule has 0 bridgehead atoms. The summed E-state index contributed by atoms with van der Waals surface area (Å²) in [5, 5.41) is 9.27. The van der Waals surface area contributed by atoms with Crippen LogP contribution in [0.5, 0.6) is 0 Å². The van der Waals surface area contributed by atoms with Gasteiger partial charge in [0.1, 0.15) is 5.82 Å². The summed E-state index contributed by atoms with van der Waals surface area (Å²) in [7, 11) is 0. The fourth-order valence-electron chi connectivity index (χ4n) is 2.16. The van der Waals surface area contributed by atoms with E-state index in [1.807, 2.05) is 23.1 Å². The first-order chi connectivity index (χ1) is 10.3. The summed E-state index contributed by atoms with van der Waals surface area (Å²) < 4.78 is 13.9. The first-order valence-electron chi connectivity index (χ1n) is 6.60. The molecule has 108 valence electrons. The molecule has 0 aliphatic carbocycles. The maximum Gasteiger partial charge on any atom is 0.129 e. The van der Waals surface area contributed by atoms with E-state index < -0.39 is 0 Å². The molecule has 0 unspecified atom stereocenters. The van der Waals surface area contributed by atoms with Gasteiger partial charge in [0.25, 0.3) is 0 Å². The van der Waals surface area contributed by atoms with Crippen LogP contribution in [-0.4, -0.2) is 11.5 Å². The third-order valence-corrected chi connectivity index (χ3v) is 3.72. The number of anilines is 1. The van der Waals surface area contributed by atoms with Crippen LogP contribution in [0, 0.1) is 17.1 Å². The number of pyridine rings is 1. The molecule has 0 radical (unpaired) electrons. The van der Waals surface area contributed by atoms with Crippen molar-refractivity contribution in [2.45, 2.75) is 18.3 Å². The number of rotatable bonds is 6. The molecule has 0 amide bonds. The monoisotopic (exact) mass is 347 g/mol. The number of benzene rings is 1. The van der Waals surface area contributed by atoms with Crippen LogP contribution in [-0.2, 0) is 11.9 Å². The van der Waals surface area contributed by atoms with Crippen molar-refractivity contribution in [1.82, 2.24) is 4.98 Å². The van der Waals surface area contributed by atoms with Gasteiger partial charge in [-0.25, -0.2) is 4.39 Å². The van der Waals surface area contributed by atoms with Crippen molar-refractivity contribution >= 4 is 21.6 Å². The highest BCUT2D eigenvalue weighted by Gasteiger charge is 2.14. The quantitative estimate of drug-likeness (QED) is 0.740.